The number of nitrogens with one attached hydrogen (secondary N) is 1. The highest BCUT2D eigenvalue weighted by Gasteiger charge is 2.08. The fourth-order valence-corrected chi connectivity index (χ4v) is 1.85. The number of rotatable bonds is 3. The van der Waals surface area contributed by atoms with Gasteiger partial charge in [-0.1, -0.05) is 12.1 Å². The van der Waals surface area contributed by atoms with Crippen LogP contribution in [0.3, 0.4) is 0 Å². The summed E-state index contributed by atoms with van der Waals surface area (Å²) in [5.74, 6) is 0.918. The Balaban J connectivity index is 2.53. The van der Waals surface area contributed by atoms with Crippen molar-refractivity contribution in [2.45, 2.75) is 6.92 Å². The molecule has 0 aliphatic heterocycles. The monoisotopic (exact) mass is 204 g/mol. The van der Waals surface area contributed by atoms with Crippen molar-refractivity contribution >= 4 is 16.7 Å². The van der Waals surface area contributed by atoms with Crippen molar-refractivity contribution in [2.75, 3.05) is 18.4 Å². The van der Waals surface area contributed by atoms with Gasteiger partial charge in [0, 0.05) is 25.5 Å². The zero-order valence-corrected chi connectivity index (χ0v) is 9.12. The lowest BCUT2D eigenvalue weighted by Gasteiger charge is -2.00. The summed E-state index contributed by atoms with van der Waals surface area (Å²) in [5, 5.41) is 8.82. The second-order valence-corrected chi connectivity index (χ2v) is 3.66. The molecule has 4 nitrogen and oxygen atoms in total. The minimum absolute atomic E-state index is 0.615. The van der Waals surface area contributed by atoms with Crippen LogP contribution in [0.25, 0.3) is 10.9 Å². The van der Waals surface area contributed by atoms with Gasteiger partial charge in [0.1, 0.15) is 0 Å². The molecule has 2 rings (SSSR count). The Labute approximate surface area is 89.1 Å². The van der Waals surface area contributed by atoms with Gasteiger partial charge in [0.2, 0.25) is 0 Å². The number of nitrogens with zero attached hydrogens (tertiary/aromatic N) is 2. The van der Waals surface area contributed by atoms with E-state index in [1.807, 2.05) is 17.8 Å². The third-order valence-corrected chi connectivity index (χ3v) is 2.50. The quantitative estimate of drug-likeness (QED) is 0.791. The van der Waals surface area contributed by atoms with Crippen molar-refractivity contribution in [3.8, 4) is 0 Å². The Morgan fingerprint density at radius 2 is 2.27 bits per heavy atom. The molecule has 0 saturated heterocycles. The summed E-state index contributed by atoms with van der Waals surface area (Å²) >= 11 is 0. The molecule has 0 radical (unpaired) electrons. The Morgan fingerprint density at radius 3 is 3.00 bits per heavy atom. The fraction of sp³-hybridized carbons (Fsp3) is 0.364. The highest BCUT2D eigenvalue weighted by molar-refractivity contribution is 5.92. The van der Waals surface area contributed by atoms with Crippen LogP contribution in [0.15, 0.2) is 18.2 Å². The van der Waals surface area contributed by atoms with Gasteiger partial charge in [-0.25, -0.2) is 0 Å². The molecule has 2 aromatic rings. The van der Waals surface area contributed by atoms with E-state index in [0.717, 1.165) is 17.7 Å². The first-order valence-corrected chi connectivity index (χ1v) is 5.10. The molecular weight excluding hydrogens is 188 g/mol. The van der Waals surface area contributed by atoms with Crippen molar-refractivity contribution in [3.63, 3.8) is 0 Å². The van der Waals surface area contributed by atoms with E-state index < -0.39 is 0 Å². The van der Waals surface area contributed by atoms with Crippen molar-refractivity contribution < 1.29 is 0 Å². The van der Waals surface area contributed by atoms with Crippen LogP contribution in [0.2, 0.25) is 0 Å². The van der Waals surface area contributed by atoms with E-state index in [-0.39, 0.29) is 0 Å². The predicted molar refractivity (Wildman–Crippen MR) is 63.0 cm³/mol. The second-order valence-electron chi connectivity index (χ2n) is 3.66. The molecule has 0 unspecified atom stereocenters. The van der Waals surface area contributed by atoms with Gasteiger partial charge in [-0.15, -0.1) is 0 Å². The Bertz CT molecular complexity index is 473. The zero-order chi connectivity index (χ0) is 10.8. The third-order valence-electron chi connectivity index (χ3n) is 2.50. The standard InChI is InChI=1S/C11H16N4/c1-8-4-3-5-9-10(8)15(2)14-11(9)13-7-6-12/h3-5H,6-7,12H2,1-2H3,(H,13,14). The number of anilines is 1. The fourth-order valence-electron chi connectivity index (χ4n) is 1.85. The Kier molecular flexibility index (Phi) is 2.60. The van der Waals surface area contributed by atoms with Gasteiger partial charge < -0.3 is 11.1 Å². The van der Waals surface area contributed by atoms with Crippen LogP contribution in [0, 0.1) is 6.92 Å². The molecule has 4 heteroatoms. The van der Waals surface area contributed by atoms with Crippen LogP contribution in [-0.2, 0) is 7.05 Å². The van der Waals surface area contributed by atoms with Gasteiger partial charge in [-0.05, 0) is 18.6 Å². The maximum Gasteiger partial charge on any atom is 0.156 e. The van der Waals surface area contributed by atoms with Crippen LogP contribution in [0.4, 0.5) is 5.82 Å². The molecule has 3 N–H and O–H groups in total. The van der Waals surface area contributed by atoms with Crippen molar-refractivity contribution in [1.29, 1.82) is 0 Å². The van der Waals surface area contributed by atoms with Gasteiger partial charge in [0.05, 0.1) is 5.52 Å². The number of aromatic nitrogens is 2. The molecule has 0 atom stereocenters. The lowest BCUT2D eigenvalue weighted by molar-refractivity contribution is 0.794. The minimum Gasteiger partial charge on any atom is -0.367 e. The molecule has 0 spiro atoms. The van der Waals surface area contributed by atoms with Crippen LogP contribution < -0.4 is 11.1 Å². The molecule has 1 aromatic heterocycles. The van der Waals surface area contributed by atoms with E-state index in [2.05, 4.69) is 29.5 Å². The number of benzene rings is 1. The van der Waals surface area contributed by atoms with Gasteiger partial charge in [-0.2, -0.15) is 5.10 Å². The van der Waals surface area contributed by atoms with Crippen LogP contribution in [0.5, 0.6) is 0 Å². The molecule has 15 heavy (non-hydrogen) atoms. The van der Waals surface area contributed by atoms with E-state index >= 15 is 0 Å². The van der Waals surface area contributed by atoms with Crippen molar-refractivity contribution in [2.24, 2.45) is 12.8 Å². The third kappa shape index (κ3) is 1.68. The predicted octanol–water partition coefficient (Wildman–Crippen LogP) is 1.25. The largest absolute Gasteiger partial charge is 0.367 e. The summed E-state index contributed by atoms with van der Waals surface area (Å²) in [4.78, 5) is 0. The first kappa shape index (κ1) is 9.98. The number of para-hydroxylation sites is 1. The second kappa shape index (κ2) is 3.90. The summed E-state index contributed by atoms with van der Waals surface area (Å²) in [5.41, 5.74) is 7.88. The molecule has 80 valence electrons. The highest BCUT2D eigenvalue weighted by Crippen LogP contribution is 2.24. The number of aryl methyl sites for hydroxylation is 2. The van der Waals surface area contributed by atoms with Gasteiger partial charge in [-0.3, -0.25) is 4.68 Å². The summed E-state index contributed by atoms with van der Waals surface area (Å²) in [6, 6.07) is 6.22. The molecule has 0 aliphatic carbocycles. The van der Waals surface area contributed by atoms with E-state index in [4.69, 9.17) is 5.73 Å². The normalized spacial score (nSPS) is 10.9. The summed E-state index contributed by atoms with van der Waals surface area (Å²) in [6.45, 7) is 3.46. The zero-order valence-electron chi connectivity index (χ0n) is 9.12. The average Bonchev–Trinajstić information content (AvgIpc) is 2.54. The van der Waals surface area contributed by atoms with E-state index in [9.17, 15) is 0 Å². The Morgan fingerprint density at radius 1 is 1.47 bits per heavy atom. The molecule has 1 aromatic carbocycles. The van der Waals surface area contributed by atoms with Crippen molar-refractivity contribution in [1.82, 2.24) is 9.78 Å². The highest BCUT2D eigenvalue weighted by atomic mass is 15.3. The lowest BCUT2D eigenvalue weighted by atomic mass is 10.1. The summed E-state index contributed by atoms with van der Waals surface area (Å²) in [6.07, 6.45) is 0. The average molecular weight is 204 g/mol. The number of hydrogen-bond acceptors (Lipinski definition) is 3. The number of nitrogens with two attached hydrogens (primary N) is 1. The number of fused-ring (bicyclic) bond motifs is 1. The van der Waals surface area contributed by atoms with Gasteiger partial charge in [0.25, 0.3) is 0 Å². The molecule has 0 fully saturated rings. The van der Waals surface area contributed by atoms with E-state index in [1.165, 1.54) is 11.1 Å². The molecule has 0 aliphatic rings. The minimum atomic E-state index is 0.615. The maximum atomic E-state index is 5.46. The van der Waals surface area contributed by atoms with Crippen LogP contribution >= 0.6 is 0 Å². The SMILES string of the molecule is Cc1cccc2c(NCCN)nn(C)c12. The van der Waals surface area contributed by atoms with E-state index in [0.29, 0.717) is 6.54 Å². The van der Waals surface area contributed by atoms with Crippen molar-refractivity contribution in [3.05, 3.63) is 23.8 Å². The summed E-state index contributed by atoms with van der Waals surface area (Å²) in [7, 11) is 1.96. The van der Waals surface area contributed by atoms with Gasteiger partial charge >= 0.3 is 0 Å². The maximum absolute atomic E-state index is 5.46. The molecular formula is C11H16N4. The Hall–Kier alpha value is -1.55. The van der Waals surface area contributed by atoms with Crippen LogP contribution in [0.1, 0.15) is 5.56 Å². The number of hydrogen-bond donors (Lipinski definition) is 2. The topological polar surface area (TPSA) is 55.9 Å². The summed E-state index contributed by atoms with van der Waals surface area (Å²) < 4.78 is 1.91. The van der Waals surface area contributed by atoms with Crippen LogP contribution in [-0.4, -0.2) is 22.9 Å². The van der Waals surface area contributed by atoms with E-state index in [1.54, 1.807) is 0 Å². The molecule has 0 amide bonds. The molecule has 0 saturated carbocycles. The molecule has 1 heterocycles. The first-order chi connectivity index (χ1) is 7.24. The van der Waals surface area contributed by atoms with Gasteiger partial charge in [0.15, 0.2) is 5.82 Å². The first-order valence-electron chi connectivity index (χ1n) is 5.10. The lowest BCUT2D eigenvalue weighted by Crippen LogP contribution is -2.13. The smallest absolute Gasteiger partial charge is 0.156 e. The molecule has 0 bridgehead atoms.